The van der Waals surface area contributed by atoms with Crippen LogP contribution in [0.4, 0.5) is 5.13 Å². The second kappa shape index (κ2) is 5.43. The van der Waals surface area contributed by atoms with Crippen molar-refractivity contribution in [2.24, 2.45) is 5.92 Å². The van der Waals surface area contributed by atoms with E-state index in [9.17, 15) is 4.79 Å². The number of anilines is 1. The molecule has 2 rings (SSSR count). The maximum atomic E-state index is 11.6. The molecule has 1 aromatic carbocycles. The highest BCUT2D eigenvalue weighted by molar-refractivity contribution is 7.22. The third kappa shape index (κ3) is 2.94. The quantitative estimate of drug-likeness (QED) is 0.901. The molecule has 1 aromatic heterocycles. The molecule has 1 amide bonds. The van der Waals surface area contributed by atoms with Crippen molar-refractivity contribution >= 4 is 55.8 Å². The lowest BCUT2D eigenvalue weighted by Crippen LogP contribution is -2.13. The molecule has 3 nitrogen and oxygen atoms in total. The predicted molar refractivity (Wildman–Crippen MR) is 77.7 cm³/mol. The number of fused-ring (bicyclic) bond motifs is 1. The summed E-state index contributed by atoms with van der Waals surface area (Å²) in [5, 5.41) is 4.22. The molecule has 6 heteroatoms. The molecule has 2 aromatic rings. The molecule has 0 aliphatic rings. The Kier molecular flexibility index (Phi) is 4.10. The SMILES string of the molecule is CC(C)CC(=O)Nc1nc2c(Cl)c(Cl)ccc2s1. The average Bonchev–Trinajstić information content (AvgIpc) is 2.66. The molecule has 1 N–H and O–H groups in total. The predicted octanol–water partition coefficient (Wildman–Crippen LogP) is 4.59. The third-order valence-corrected chi connectivity index (χ3v) is 4.02. The highest BCUT2D eigenvalue weighted by atomic mass is 35.5. The number of hydrogen-bond acceptors (Lipinski definition) is 3. The van der Waals surface area contributed by atoms with Crippen molar-refractivity contribution in [3.05, 3.63) is 22.2 Å². The fourth-order valence-electron chi connectivity index (χ4n) is 1.53. The summed E-state index contributed by atoms with van der Waals surface area (Å²) in [5.74, 6) is 0.281. The van der Waals surface area contributed by atoms with E-state index in [1.807, 2.05) is 19.9 Å². The van der Waals surface area contributed by atoms with Crippen molar-refractivity contribution in [3.63, 3.8) is 0 Å². The smallest absolute Gasteiger partial charge is 0.226 e. The van der Waals surface area contributed by atoms with Gasteiger partial charge in [-0.15, -0.1) is 0 Å². The Morgan fingerprint density at radius 3 is 2.83 bits per heavy atom. The monoisotopic (exact) mass is 302 g/mol. The number of nitrogens with zero attached hydrogens (tertiary/aromatic N) is 1. The van der Waals surface area contributed by atoms with Crippen LogP contribution < -0.4 is 5.32 Å². The number of hydrogen-bond donors (Lipinski definition) is 1. The lowest BCUT2D eigenvalue weighted by Gasteiger charge is -2.03. The summed E-state index contributed by atoms with van der Waals surface area (Å²) >= 11 is 13.4. The van der Waals surface area contributed by atoms with Crippen LogP contribution in [-0.4, -0.2) is 10.9 Å². The number of carbonyl (C=O) groups excluding carboxylic acids is 1. The second-order valence-corrected chi connectivity index (χ2v) is 6.19. The number of benzene rings is 1. The molecule has 0 unspecified atom stereocenters. The molecule has 0 radical (unpaired) electrons. The summed E-state index contributed by atoms with van der Waals surface area (Å²) in [4.78, 5) is 15.9. The minimum absolute atomic E-state index is 0.0359. The van der Waals surface area contributed by atoms with Gasteiger partial charge in [0.2, 0.25) is 5.91 Å². The Labute approximate surface area is 119 Å². The van der Waals surface area contributed by atoms with E-state index in [4.69, 9.17) is 23.2 Å². The van der Waals surface area contributed by atoms with Gasteiger partial charge in [0.15, 0.2) is 5.13 Å². The minimum Gasteiger partial charge on any atom is -0.302 e. The van der Waals surface area contributed by atoms with Crippen molar-refractivity contribution in [3.8, 4) is 0 Å². The summed E-state index contributed by atoms with van der Waals surface area (Å²) in [6.45, 7) is 3.99. The lowest BCUT2D eigenvalue weighted by molar-refractivity contribution is -0.116. The highest BCUT2D eigenvalue weighted by Crippen LogP contribution is 2.35. The van der Waals surface area contributed by atoms with E-state index < -0.39 is 0 Å². The van der Waals surface area contributed by atoms with Gasteiger partial charge in [0.1, 0.15) is 5.52 Å². The molecular formula is C12H12Cl2N2OS. The number of carbonyl (C=O) groups is 1. The molecule has 0 aliphatic heterocycles. The van der Waals surface area contributed by atoms with Gasteiger partial charge in [0.05, 0.1) is 14.7 Å². The summed E-state index contributed by atoms with van der Waals surface area (Å²) in [6.07, 6.45) is 0.477. The van der Waals surface area contributed by atoms with Gasteiger partial charge in [-0.25, -0.2) is 4.98 Å². The molecular weight excluding hydrogens is 291 g/mol. The first-order chi connectivity index (χ1) is 8.47. The van der Waals surface area contributed by atoms with Crippen LogP contribution in [0.25, 0.3) is 10.2 Å². The molecule has 0 aliphatic carbocycles. The summed E-state index contributed by atoms with van der Waals surface area (Å²) < 4.78 is 0.907. The maximum Gasteiger partial charge on any atom is 0.226 e. The number of nitrogens with one attached hydrogen (secondary N) is 1. The van der Waals surface area contributed by atoms with Gasteiger partial charge < -0.3 is 5.32 Å². The van der Waals surface area contributed by atoms with Crippen molar-refractivity contribution in [2.45, 2.75) is 20.3 Å². The molecule has 18 heavy (non-hydrogen) atoms. The number of thiazole rings is 1. The first-order valence-electron chi connectivity index (χ1n) is 5.51. The minimum atomic E-state index is -0.0359. The van der Waals surface area contributed by atoms with E-state index in [0.717, 1.165) is 4.70 Å². The summed E-state index contributed by atoms with van der Waals surface area (Å²) in [6, 6.07) is 3.57. The topological polar surface area (TPSA) is 42.0 Å². The molecule has 0 saturated heterocycles. The van der Waals surface area contributed by atoms with Crippen LogP contribution in [0.2, 0.25) is 10.0 Å². The van der Waals surface area contributed by atoms with E-state index in [1.165, 1.54) is 11.3 Å². The van der Waals surface area contributed by atoms with E-state index in [1.54, 1.807) is 6.07 Å². The zero-order valence-corrected chi connectivity index (χ0v) is 12.3. The second-order valence-electron chi connectivity index (χ2n) is 4.37. The number of aromatic nitrogens is 1. The van der Waals surface area contributed by atoms with Crippen molar-refractivity contribution in [1.29, 1.82) is 0 Å². The van der Waals surface area contributed by atoms with E-state index in [0.29, 0.717) is 33.0 Å². The molecule has 0 bridgehead atoms. The summed E-state index contributed by atoms with van der Waals surface area (Å²) in [7, 11) is 0. The van der Waals surface area contributed by atoms with Crippen LogP contribution in [-0.2, 0) is 4.79 Å². The van der Waals surface area contributed by atoms with E-state index >= 15 is 0 Å². The first-order valence-corrected chi connectivity index (χ1v) is 7.09. The van der Waals surface area contributed by atoms with Crippen molar-refractivity contribution < 1.29 is 4.79 Å². The highest BCUT2D eigenvalue weighted by Gasteiger charge is 2.12. The third-order valence-electron chi connectivity index (χ3n) is 2.29. The van der Waals surface area contributed by atoms with E-state index in [-0.39, 0.29) is 5.91 Å². The molecule has 0 atom stereocenters. The molecule has 0 fully saturated rings. The van der Waals surface area contributed by atoms with Crippen LogP contribution in [0, 0.1) is 5.92 Å². The molecule has 96 valence electrons. The Balaban J connectivity index is 2.25. The van der Waals surface area contributed by atoms with Gasteiger partial charge in [0.25, 0.3) is 0 Å². The number of halogens is 2. The largest absolute Gasteiger partial charge is 0.302 e. The molecule has 1 heterocycles. The van der Waals surface area contributed by atoms with Crippen LogP contribution in [0.3, 0.4) is 0 Å². The standard InChI is InChI=1S/C12H12Cl2N2OS/c1-6(2)5-9(17)15-12-16-11-8(18-12)4-3-7(13)10(11)14/h3-4,6H,5H2,1-2H3,(H,15,16,17). The van der Waals surface area contributed by atoms with Crippen molar-refractivity contribution in [1.82, 2.24) is 4.98 Å². The Morgan fingerprint density at radius 2 is 2.17 bits per heavy atom. The zero-order valence-electron chi connectivity index (χ0n) is 9.96. The van der Waals surface area contributed by atoms with Crippen LogP contribution in [0.5, 0.6) is 0 Å². The fourth-order valence-corrected chi connectivity index (χ4v) is 2.84. The van der Waals surface area contributed by atoms with E-state index in [2.05, 4.69) is 10.3 Å². The van der Waals surface area contributed by atoms with Crippen LogP contribution in [0.15, 0.2) is 12.1 Å². The van der Waals surface area contributed by atoms with Crippen LogP contribution in [0.1, 0.15) is 20.3 Å². The van der Waals surface area contributed by atoms with Crippen LogP contribution >= 0.6 is 34.5 Å². The molecule has 0 spiro atoms. The number of amides is 1. The maximum absolute atomic E-state index is 11.6. The number of rotatable bonds is 3. The zero-order chi connectivity index (χ0) is 13.3. The average molecular weight is 303 g/mol. The van der Waals surface area contributed by atoms with Gasteiger partial charge in [-0.2, -0.15) is 0 Å². The normalized spacial score (nSPS) is 11.2. The van der Waals surface area contributed by atoms with Gasteiger partial charge in [-0.3, -0.25) is 4.79 Å². The lowest BCUT2D eigenvalue weighted by atomic mass is 10.1. The first kappa shape index (κ1) is 13.6. The molecule has 0 saturated carbocycles. The summed E-state index contributed by atoms with van der Waals surface area (Å²) in [5.41, 5.74) is 0.633. The van der Waals surface area contributed by atoms with Gasteiger partial charge in [-0.1, -0.05) is 48.4 Å². The van der Waals surface area contributed by atoms with Crippen molar-refractivity contribution in [2.75, 3.05) is 5.32 Å². The fraction of sp³-hybridized carbons (Fsp3) is 0.333. The van der Waals surface area contributed by atoms with Gasteiger partial charge in [0, 0.05) is 6.42 Å². The van der Waals surface area contributed by atoms with Gasteiger partial charge >= 0.3 is 0 Å². The Hall–Kier alpha value is -0.840. The Morgan fingerprint density at radius 1 is 1.44 bits per heavy atom. The van der Waals surface area contributed by atoms with Gasteiger partial charge in [-0.05, 0) is 18.1 Å². The Bertz CT molecular complexity index is 595.